The van der Waals surface area contributed by atoms with Gasteiger partial charge < -0.3 is 10.2 Å². The molecule has 5 nitrogen and oxygen atoms in total. The van der Waals surface area contributed by atoms with Gasteiger partial charge in [-0.1, -0.05) is 19.1 Å². The molecule has 2 heterocycles. The highest BCUT2D eigenvalue weighted by molar-refractivity contribution is 6.11. The van der Waals surface area contributed by atoms with E-state index in [4.69, 9.17) is 0 Å². The number of hydrogen-bond acceptors (Lipinski definition) is 3. The van der Waals surface area contributed by atoms with Crippen molar-refractivity contribution in [1.82, 2.24) is 10.3 Å². The molecule has 1 aromatic carbocycles. The van der Waals surface area contributed by atoms with E-state index < -0.39 is 0 Å². The van der Waals surface area contributed by atoms with Gasteiger partial charge in [0.25, 0.3) is 11.8 Å². The van der Waals surface area contributed by atoms with E-state index >= 15 is 0 Å². The van der Waals surface area contributed by atoms with Gasteiger partial charge in [0, 0.05) is 30.5 Å². The van der Waals surface area contributed by atoms with Crippen molar-refractivity contribution in [2.75, 3.05) is 11.4 Å². The average Bonchev–Trinajstić information content (AvgIpc) is 2.71. The van der Waals surface area contributed by atoms with Crippen LogP contribution in [0.15, 0.2) is 42.7 Å². The summed E-state index contributed by atoms with van der Waals surface area (Å²) in [6.07, 6.45) is 4.09. The zero-order chi connectivity index (χ0) is 16.4. The average molecular weight is 309 g/mol. The number of nitrogens with zero attached hydrogens (tertiary/aromatic N) is 2. The van der Waals surface area contributed by atoms with Crippen molar-refractivity contribution in [3.05, 3.63) is 59.4 Å². The Morgan fingerprint density at radius 1 is 1.35 bits per heavy atom. The van der Waals surface area contributed by atoms with Gasteiger partial charge in [0.15, 0.2) is 0 Å². The molecule has 2 amide bonds. The molecule has 118 valence electrons. The molecule has 0 unspecified atom stereocenters. The van der Waals surface area contributed by atoms with Gasteiger partial charge in [0.05, 0.1) is 11.3 Å². The van der Waals surface area contributed by atoms with Crippen LogP contribution in [0.3, 0.4) is 0 Å². The number of benzene rings is 1. The van der Waals surface area contributed by atoms with Crippen LogP contribution in [-0.4, -0.2) is 29.4 Å². The number of rotatable bonds is 2. The molecule has 0 spiro atoms. The number of pyridine rings is 1. The van der Waals surface area contributed by atoms with Crippen LogP contribution in [0, 0.1) is 0 Å². The maximum atomic E-state index is 13.1. The predicted octanol–water partition coefficient (Wildman–Crippen LogP) is 2.42. The zero-order valence-corrected chi connectivity index (χ0v) is 13.2. The summed E-state index contributed by atoms with van der Waals surface area (Å²) in [6.45, 7) is 4.34. The molecule has 1 N–H and O–H groups in total. The number of anilines is 1. The quantitative estimate of drug-likeness (QED) is 0.926. The monoisotopic (exact) mass is 309 g/mol. The standard InChI is InChI=1S/C18H19N3O2/c1-3-13-10-19-9-8-14(13)18(23)21-11-12(2)20-17(22)15-6-4-5-7-16(15)21/h4-10,12H,3,11H2,1-2H3,(H,20,22)/t12-/m0/s1. The topological polar surface area (TPSA) is 62.3 Å². The van der Waals surface area contributed by atoms with E-state index in [2.05, 4.69) is 10.3 Å². The zero-order valence-electron chi connectivity index (χ0n) is 13.2. The largest absolute Gasteiger partial charge is 0.348 e. The lowest BCUT2D eigenvalue weighted by Gasteiger charge is -2.25. The van der Waals surface area contributed by atoms with E-state index in [1.54, 1.807) is 35.5 Å². The number of aryl methyl sites for hydroxylation is 1. The number of carbonyl (C=O) groups excluding carboxylic acids is 2. The van der Waals surface area contributed by atoms with Crippen molar-refractivity contribution in [2.24, 2.45) is 0 Å². The Morgan fingerprint density at radius 3 is 2.91 bits per heavy atom. The smallest absolute Gasteiger partial charge is 0.258 e. The second kappa shape index (κ2) is 6.20. The highest BCUT2D eigenvalue weighted by atomic mass is 16.2. The molecule has 0 saturated heterocycles. The second-order valence-corrected chi connectivity index (χ2v) is 5.69. The van der Waals surface area contributed by atoms with Crippen LogP contribution in [0.1, 0.15) is 40.1 Å². The summed E-state index contributed by atoms with van der Waals surface area (Å²) in [7, 11) is 0. The molecule has 0 aliphatic carbocycles. The molecule has 1 aliphatic rings. The second-order valence-electron chi connectivity index (χ2n) is 5.69. The molecule has 1 aromatic heterocycles. The number of amides is 2. The third kappa shape index (κ3) is 2.82. The van der Waals surface area contributed by atoms with Gasteiger partial charge in [-0.25, -0.2) is 0 Å². The van der Waals surface area contributed by atoms with Gasteiger partial charge in [-0.05, 0) is 37.1 Å². The molecular formula is C18H19N3O2. The summed E-state index contributed by atoms with van der Waals surface area (Å²) in [5.74, 6) is -0.242. The molecule has 2 aromatic rings. The Morgan fingerprint density at radius 2 is 2.13 bits per heavy atom. The van der Waals surface area contributed by atoms with Gasteiger partial charge >= 0.3 is 0 Å². The maximum Gasteiger partial charge on any atom is 0.258 e. The van der Waals surface area contributed by atoms with E-state index in [9.17, 15) is 9.59 Å². The van der Waals surface area contributed by atoms with E-state index in [0.717, 1.165) is 12.0 Å². The molecule has 0 radical (unpaired) electrons. The summed E-state index contributed by atoms with van der Waals surface area (Å²) < 4.78 is 0. The van der Waals surface area contributed by atoms with Crippen LogP contribution in [0.4, 0.5) is 5.69 Å². The minimum atomic E-state index is -0.145. The molecule has 5 heteroatoms. The fraction of sp³-hybridized carbons (Fsp3) is 0.278. The first kappa shape index (κ1) is 15.2. The predicted molar refractivity (Wildman–Crippen MR) is 88.7 cm³/mol. The normalized spacial score (nSPS) is 17.2. The summed E-state index contributed by atoms with van der Waals surface area (Å²) in [5, 5.41) is 2.92. The van der Waals surface area contributed by atoms with E-state index in [0.29, 0.717) is 23.4 Å². The molecule has 3 rings (SSSR count). The SMILES string of the molecule is CCc1cnccc1C(=O)N1C[C@H](C)NC(=O)c2ccccc21. The van der Waals surface area contributed by atoms with Crippen molar-refractivity contribution in [3.63, 3.8) is 0 Å². The van der Waals surface area contributed by atoms with Crippen molar-refractivity contribution in [3.8, 4) is 0 Å². The van der Waals surface area contributed by atoms with Gasteiger partial charge in [0.1, 0.15) is 0 Å². The van der Waals surface area contributed by atoms with Crippen molar-refractivity contribution in [1.29, 1.82) is 0 Å². The summed E-state index contributed by atoms with van der Waals surface area (Å²) in [5.41, 5.74) is 2.72. The highest BCUT2D eigenvalue weighted by Gasteiger charge is 2.29. The molecule has 1 atom stereocenters. The number of carbonyl (C=O) groups is 2. The third-order valence-electron chi connectivity index (χ3n) is 4.03. The van der Waals surface area contributed by atoms with Crippen LogP contribution in [0.25, 0.3) is 0 Å². The first-order valence-corrected chi connectivity index (χ1v) is 7.76. The van der Waals surface area contributed by atoms with Crippen LogP contribution < -0.4 is 10.2 Å². The number of nitrogens with one attached hydrogen (secondary N) is 1. The third-order valence-corrected chi connectivity index (χ3v) is 4.03. The number of hydrogen-bond donors (Lipinski definition) is 1. The number of aromatic nitrogens is 1. The van der Waals surface area contributed by atoms with E-state index in [-0.39, 0.29) is 17.9 Å². The van der Waals surface area contributed by atoms with Crippen molar-refractivity contribution < 1.29 is 9.59 Å². The van der Waals surface area contributed by atoms with Gasteiger partial charge in [0.2, 0.25) is 0 Å². The molecule has 1 aliphatic heterocycles. The van der Waals surface area contributed by atoms with Gasteiger partial charge in [-0.2, -0.15) is 0 Å². The van der Waals surface area contributed by atoms with Crippen LogP contribution in [0.2, 0.25) is 0 Å². The van der Waals surface area contributed by atoms with Crippen LogP contribution in [0.5, 0.6) is 0 Å². The van der Waals surface area contributed by atoms with E-state index in [1.165, 1.54) is 0 Å². The van der Waals surface area contributed by atoms with Gasteiger partial charge in [-0.15, -0.1) is 0 Å². The first-order valence-electron chi connectivity index (χ1n) is 7.76. The Balaban J connectivity index is 2.08. The Hall–Kier alpha value is -2.69. The molecule has 0 saturated carbocycles. The highest BCUT2D eigenvalue weighted by Crippen LogP contribution is 2.26. The first-order chi connectivity index (χ1) is 11.1. The van der Waals surface area contributed by atoms with Crippen molar-refractivity contribution in [2.45, 2.75) is 26.3 Å². The summed E-state index contributed by atoms with van der Waals surface area (Å²) >= 11 is 0. The number of fused-ring (bicyclic) bond motifs is 1. The van der Waals surface area contributed by atoms with Crippen LogP contribution in [-0.2, 0) is 6.42 Å². The lowest BCUT2D eigenvalue weighted by atomic mass is 10.1. The summed E-state index contributed by atoms with van der Waals surface area (Å²) in [4.78, 5) is 31.2. The van der Waals surface area contributed by atoms with Gasteiger partial charge in [-0.3, -0.25) is 14.6 Å². The summed E-state index contributed by atoms with van der Waals surface area (Å²) in [6, 6.07) is 8.84. The molecular weight excluding hydrogens is 290 g/mol. The molecule has 0 fully saturated rings. The van der Waals surface area contributed by atoms with E-state index in [1.807, 2.05) is 26.0 Å². The fourth-order valence-corrected chi connectivity index (χ4v) is 2.88. The minimum Gasteiger partial charge on any atom is -0.348 e. The fourth-order valence-electron chi connectivity index (χ4n) is 2.88. The Labute approximate surface area is 135 Å². The lowest BCUT2D eigenvalue weighted by molar-refractivity contribution is 0.0939. The Bertz CT molecular complexity index is 757. The molecule has 0 bridgehead atoms. The van der Waals surface area contributed by atoms with Crippen molar-refractivity contribution >= 4 is 17.5 Å². The molecule has 23 heavy (non-hydrogen) atoms. The Kier molecular flexibility index (Phi) is 4.10. The number of para-hydroxylation sites is 1. The minimum absolute atomic E-state index is 0.0972. The van der Waals surface area contributed by atoms with Crippen LogP contribution >= 0.6 is 0 Å². The lowest BCUT2D eigenvalue weighted by Crippen LogP contribution is -2.41. The maximum absolute atomic E-state index is 13.1.